The zero-order valence-corrected chi connectivity index (χ0v) is 15.2. The molecule has 130 valence electrons. The summed E-state index contributed by atoms with van der Waals surface area (Å²) in [5.41, 5.74) is 0.0524. The standard InChI is InChI=1S/C16H34N4O2/c1-8-12(2)20-14(21)9-10-18-15(17-6)19-11-13(22-7)16(3,4)5/h12-13H,8-11H2,1-7H3,(H,20,21)(H2,17,18,19). The topological polar surface area (TPSA) is 74.8 Å². The number of amides is 1. The highest BCUT2D eigenvalue weighted by molar-refractivity contribution is 5.81. The maximum atomic E-state index is 11.7. The first-order valence-electron chi connectivity index (χ1n) is 8.01. The van der Waals surface area contributed by atoms with Crippen molar-refractivity contribution in [3.63, 3.8) is 0 Å². The maximum Gasteiger partial charge on any atom is 0.221 e. The van der Waals surface area contributed by atoms with Crippen LogP contribution >= 0.6 is 0 Å². The lowest BCUT2D eigenvalue weighted by molar-refractivity contribution is -0.121. The molecule has 1 amide bonds. The fraction of sp³-hybridized carbons (Fsp3) is 0.875. The van der Waals surface area contributed by atoms with Crippen LogP contribution in [0.25, 0.3) is 0 Å². The van der Waals surface area contributed by atoms with Gasteiger partial charge in [-0.1, -0.05) is 27.7 Å². The van der Waals surface area contributed by atoms with Gasteiger partial charge in [0.05, 0.1) is 6.10 Å². The smallest absolute Gasteiger partial charge is 0.221 e. The molecule has 0 aromatic carbocycles. The summed E-state index contributed by atoms with van der Waals surface area (Å²) < 4.78 is 5.50. The molecule has 0 aliphatic rings. The average molecular weight is 314 g/mol. The molecule has 0 saturated carbocycles. The molecule has 2 atom stereocenters. The summed E-state index contributed by atoms with van der Waals surface area (Å²) in [7, 11) is 3.43. The summed E-state index contributed by atoms with van der Waals surface area (Å²) in [6, 6.07) is 0.221. The lowest BCUT2D eigenvalue weighted by atomic mass is 9.89. The van der Waals surface area contributed by atoms with Crippen LogP contribution in [-0.2, 0) is 9.53 Å². The molecule has 0 bridgehead atoms. The molecule has 22 heavy (non-hydrogen) atoms. The number of ether oxygens (including phenoxy) is 1. The molecular weight excluding hydrogens is 280 g/mol. The van der Waals surface area contributed by atoms with E-state index in [1.54, 1.807) is 14.2 Å². The number of methoxy groups -OCH3 is 1. The Morgan fingerprint density at radius 1 is 1.27 bits per heavy atom. The molecule has 0 rings (SSSR count). The molecule has 0 aromatic rings. The van der Waals surface area contributed by atoms with Gasteiger partial charge in [-0.2, -0.15) is 0 Å². The number of aliphatic imine (C=N–C) groups is 1. The highest BCUT2D eigenvalue weighted by Crippen LogP contribution is 2.20. The number of carbonyl (C=O) groups excluding carboxylic acids is 1. The van der Waals surface area contributed by atoms with Crippen LogP contribution in [0.5, 0.6) is 0 Å². The lowest BCUT2D eigenvalue weighted by Gasteiger charge is -2.30. The Morgan fingerprint density at radius 3 is 2.36 bits per heavy atom. The van der Waals surface area contributed by atoms with E-state index in [1.807, 2.05) is 6.92 Å². The lowest BCUT2D eigenvalue weighted by Crippen LogP contribution is -2.46. The van der Waals surface area contributed by atoms with E-state index >= 15 is 0 Å². The molecule has 0 aromatic heterocycles. The Morgan fingerprint density at radius 2 is 1.91 bits per heavy atom. The van der Waals surface area contributed by atoms with Crippen LogP contribution < -0.4 is 16.0 Å². The van der Waals surface area contributed by atoms with E-state index in [0.717, 1.165) is 6.42 Å². The van der Waals surface area contributed by atoms with Gasteiger partial charge in [-0.3, -0.25) is 9.79 Å². The quantitative estimate of drug-likeness (QED) is 0.469. The van der Waals surface area contributed by atoms with Crippen LogP contribution in [0.2, 0.25) is 0 Å². The van der Waals surface area contributed by atoms with Crippen molar-refractivity contribution in [1.82, 2.24) is 16.0 Å². The van der Waals surface area contributed by atoms with Gasteiger partial charge in [-0.25, -0.2) is 0 Å². The molecule has 6 heteroatoms. The molecule has 0 fully saturated rings. The van der Waals surface area contributed by atoms with Crippen LogP contribution in [-0.4, -0.2) is 51.3 Å². The Kier molecular flexibility index (Phi) is 9.81. The van der Waals surface area contributed by atoms with Crippen LogP contribution in [0.3, 0.4) is 0 Å². The van der Waals surface area contributed by atoms with Crippen molar-refractivity contribution >= 4 is 11.9 Å². The molecule has 0 aliphatic heterocycles. The van der Waals surface area contributed by atoms with Gasteiger partial charge in [0.15, 0.2) is 5.96 Å². The molecule has 6 nitrogen and oxygen atoms in total. The first-order chi connectivity index (χ1) is 10.2. The first kappa shape index (κ1) is 20.7. The fourth-order valence-corrected chi connectivity index (χ4v) is 1.90. The molecule has 0 heterocycles. The number of guanidine groups is 1. The highest BCUT2D eigenvalue weighted by atomic mass is 16.5. The minimum atomic E-state index is 0.0524. The van der Waals surface area contributed by atoms with Gasteiger partial charge < -0.3 is 20.7 Å². The number of hydrogen-bond donors (Lipinski definition) is 3. The van der Waals surface area contributed by atoms with Gasteiger partial charge in [0.1, 0.15) is 0 Å². The highest BCUT2D eigenvalue weighted by Gasteiger charge is 2.24. The van der Waals surface area contributed by atoms with Crippen molar-refractivity contribution in [1.29, 1.82) is 0 Å². The van der Waals surface area contributed by atoms with Crippen molar-refractivity contribution < 1.29 is 9.53 Å². The van der Waals surface area contributed by atoms with Gasteiger partial charge in [-0.15, -0.1) is 0 Å². The summed E-state index contributed by atoms with van der Waals surface area (Å²) in [5, 5.41) is 9.32. The van der Waals surface area contributed by atoms with Crippen LogP contribution in [0.15, 0.2) is 4.99 Å². The van der Waals surface area contributed by atoms with E-state index in [2.05, 4.69) is 48.6 Å². The monoisotopic (exact) mass is 314 g/mol. The van der Waals surface area contributed by atoms with E-state index in [4.69, 9.17) is 4.74 Å². The molecule has 0 spiro atoms. The van der Waals surface area contributed by atoms with E-state index in [9.17, 15) is 4.79 Å². The third-order valence-corrected chi connectivity index (χ3v) is 3.59. The number of rotatable bonds is 8. The molecule has 2 unspecified atom stereocenters. The van der Waals surface area contributed by atoms with E-state index < -0.39 is 0 Å². The summed E-state index contributed by atoms with van der Waals surface area (Å²) in [5.74, 6) is 0.740. The minimum Gasteiger partial charge on any atom is -0.379 e. The van der Waals surface area contributed by atoms with E-state index in [-0.39, 0.29) is 23.5 Å². The Balaban J connectivity index is 4.11. The number of carbonyl (C=O) groups is 1. The SMILES string of the molecule is CCC(C)NC(=O)CCNC(=NC)NCC(OC)C(C)(C)C. The third kappa shape index (κ3) is 8.87. The maximum absolute atomic E-state index is 11.7. The second kappa shape index (κ2) is 10.4. The second-order valence-electron chi connectivity index (χ2n) is 6.60. The van der Waals surface area contributed by atoms with Crippen molar-refractivity contribution in [3.8, 4) is 0 Å². The number of nitrogens with zero attached hydrogens (tertiary/aromatic N) is 1. The second-order valence-corrected chi connectivity index (χ2v) is 6.60. The van der Waals surface area contributed by atoms with E-state index in [1.165, 1.54) is 0 Å². The number of hydrogen-bond acceptors (Lipinski definition) is 3. The zero-order chi connectivity index (χ0) is 17.2. The van der Waals surface area contributed by atoms with Gasteiger partial charge in [0.2, 0.25) is 5.91 Å². The van der Waals surface area contributed by atoms with Gasteiger partial charge >= 0.3 is 0 Å². The van der Waals surface area contributed by atoms with Crippen LogP contribution in [0, 0.1) is 5.41 Å². The third-order valence-electron chi connectivity index (χ3n) is 3.59. The largest absolute Gasteiger partial charge is 0.379 e. The van der Waals surface area contributed by atoms with Crippen molar-refractivity contribution in [2.75, 3.05) is 27.2 Å². The predicted molar refractivity (Wildman–Crippen MR) is 92.1 cm³/mol. The molecule has 0 radical (unpaired) electrons. The van der Waals surface area contributed by atoms with Crippen LogP contribution in [0.4, 0.5) is 0 Å². The average Bonchev–Trinajstić information content (AvgIpc) is 2.44. The van der Waals surface area contributed by atoms with E-state index in [0.29, 0.717) is 25.5 Å². The fourth-order valence-electron chi connectivity index (χ4n) is 1.90. The Labute approximate surface area is 135 Å². The Bertz CT molecular complexity index is 351. The molecule has 0 saturated heterocycles. The molecule has 3 N–H and O–H groups in total. The van der Waals surface area contributed by atoms with Crippen molar-refractivity contribution in [3.05, 3.63) is 0 Å². The summed E-state index contributed by atoms with van der Waals surface area (Å²) in [6.45, 7) is 11.7. The van der Waals surface area contributed by atoms with Crippen molar-refractivity contribution in [2.24, 2.45) is 10.4 Å². The molecular formula is C16H34N4O2. The summed E-state index contributed by atoms with van der Waals surface area (Å²) >= 11 is 0. The van der Waals surface area contributed by atoms with Gasteiger partial charge in [-0.05, 0) is 18.8 Å². The zero-order valence-electron chi connectivity index (χ0n) is 15.2. The van der Waals surface area contributed by atoms with Gasteiger partial charge in [0, 0.05) is 39.7 Å². The normalized spacial score (nSPS) is 15.1. The predicted octanol–water partition coefficient (Wildman–Crippen LogP) is 1.52. The minimum absolute atomic E-state index is 0.0524. The van der Waals surface area contributed by atoms with Crippen molar-refractivity contribution in [2.45, 2.75) is 59.6 Å². The first-order valence-corrected chi connectivity index (χ1v) is 8.01. The Hall–Kier alpha value is -1.30. The molecule has 0 aliphatic carbocycles. The summed E-state index contributed by atoms with van der Waals surface area (Å²) in [6.07, 6.45) is 1.45. The number of nitrogens with one attached hydrogen (secondary N) is 3. The summed E-state index contributed by atoms with van der Waals surface area (Å²) in [4.78, 5) is 15.9. The van der Waals surface area contributed by atoms with Crippen LogP contribution in [0.1, 0.15) is 47.5 Å². The van der Waals surface area contributed by atoms with Gasteiger partial charge in [0.25, 0.3) is 0 Å².